The van der Waals surface area contributed by atoms with Crippen molar-refractivity contribution in [2.45, 2.75) is 37.6 Å². The van der Waals surface area contributed by atoms with Crippen LogP contribution in [0.4, 0.5) is 5.69 Å². The second-order valence-electron chi connectivity index (χ2n) is 6.41. The molecule has 0 saturated heterocycles. The molecule has 0 amide bonds. The number of halogens is 1. The van der Waals surface area contributed by atoms with Crippen LogP contribution in [0.5, 0.6) is 5.88 Å². The van der Waals surface area contributed by atoms with Gasteiger partial charge >= 0.3 is 0 Å². The molecule has 1 aliphatic heterocycles. The van der Waals surface area contributed by atoms with Crippen molar-refractivity contribution in [2.24, 2.45) is 5.92 Å². The summed E-state index contributed by atoms with van der Waals surface area (Å²) in [6.07, 6.45) is 7.36. The molecule has 1 N–H and O–H groups in total. The Balaban J connectivity index is 1.78. The van der Waals surface area contributed by atoms with Gasteiger partial charge in [-0.15, -0.1) is 10.2 Å². The number of allylic oxidation sites excluding steroid dienone is 2. The van der Waals surface area contributed by atoms with Crippen molar-refractivity contribution in [3.05, 3.63) is 34.3 Å². The van der Waals surface area contributed by atoms with Crippen LogP contribution in [0.25, 0.3) is 11.3 Å². The number of ether oxygens (including phenoxy) is 1. The van der Waals surface area contributed by atoms with E-state index in [0.717, 1.165) is 35.0 Å². The van der Waals surface area contributed by atoms with Crippen molar-refractivity contribution in [1.29, 1.82) is 0 Å². The fourth-order valence-corrected chi connectivity index (χ4v) is 3.91. The molecular formula is C18H19BrN4OS. The summed E-state index contributed by atoms with van der Waals surface area (Å²) in [5.74, 6) is 0.957. The lowest BCUT2D eigenvalue weighted by molar-refractivity contribution is 0.145. The van der Waals surface area contributed by atoms with Gasteiger partial charge in [-0.2, -0.15) is 4.98 Å². The molecule has 0 spiro atoms. The largest absolute Gasteiger partial charge is 0.452 e. The van der Waals surface area contributed by atoms with Crippen LogP contribution in [0.1, 0.15) is 26.2 Å². The average Bonchev–Trinajstić information content (AvgIpc) is 2.78. The number of hydrogen-bond acceptors (Lipinski definition) is 6. The summed E-state index contributed by atoms with van der Waals surface area (Å²) in [4.78, 5) is 4.58. The maximum absolute atomic E-state index is 6.31. The van der Waals surface area contributed by atoms with Gasteiger partial charge in [-0.3, -0.25) is 0 Å². The molecule has 4 rings (SSSR count). The fraction of sp³-hybridized carbons (Fsp3) is 0.389. The Labute approximate surface area is 159 Å². The molecule has 1 aromatic heterocycles. The first-order chi connectivity index (χ1) is 12.1. The van der Waals surface area contributed by atoms with Gasteiger partial charge in [0.05, 0.1) is 0 Å². The minimum absolute atomic E-state index is 0.128. The average molecular weight is 419 g/mol. The predicted octanol–water partition coefficient (Wildman–Crippen LogP) is 4.90. The molecule has 0 radical (unpaired) electrons. The molecule has 0 bridgehead atoms. The summed E-state index contributed by atoms with van der Waals surface area (Å²) in [5, 5.41) is 12.8. The summed E-state index contributed by atoms with van der Waals surface area (Å²) >= 11 is 5.01. The highest BCUT2D eigenvalue weighted by atomic mass is 79.9. The normalized spacial score (nSPS) is 22.0. The lowest BCUT2D eigenvalue weighted by Gasteiger charge is -2.29. The Morgan fingerprint density at radius 3 is 2.96 bits per heavy atom. The molecule has 2 heterocycles. The van der Waals surface area contributed by atoms with Crippen molar-refractivity contribution >= 4 is 33.4 Å². The number of nitrogens with one attached hydrogen (secondary N) is 1. The van der Waals surface area contributed by atoms with Crippen molar-refractivity contribution in [3.8, 4) is 17.1 Å². The van der Waals surface area contributed by atoms with E-state index in [1.165, 1.54) is 17.3 Å². The number of nitrogens with zero attached hydrogens (tertiary/aromatic N) is 3. The van der Waals surface area contributed by atoms with Crippen LogP contribution in [-0.2, 0) is 0 Å². The molecule has 130 valence electrons. The number of fused-ring (bicyclic) bond motifs is 3. The molecule has 0 unspecified atom stereocenters. The summed E-state index contributed by atoms with van der Waals surface area (Å²) < 4.78 is 7.30. The predicted molar refractivity (Wildman–Crippen MR) is 104 cm³/mol. The van der Waals surface area contributed by atoms with Crippen LogP contribution < -0.4 is 10.1 Å². The van der Waals surface area contributed by atoms with E-state index in [2.05, 4.69) is 55.5 Å². The Hall–Kier alpha value is -1.60. The van der Waals surface area contributed by atoms with Gasteiger partial charge in [-0.05, 0) is 50.6 Å². The standard InChI is InChI=1S/C18H19BrN4OS/c1-10-3-5-11(6-4-10)16-20-14-8-7-12(19)9-13(14)15-17(24-16)21-18(25-2)23-22-15/h3,7-9,11,16,20H,4-6H2,1-2H3/t11-,16-/m0/s1. The summed E-state index contributed by atoms with van der Waals surface area (Å²) in [6.45, 7) is 2.20. The van der Waals surface area contributed by atoms with Crippen LogP contribution in [0.2, 0.25) is 0 Å². The van der Waals surface area contributed by atoms with E-state index >= 15 is 0 Å². The van der Waals surface area contributed by atoms with E-state index < -0.39 is 0 Å². The monoisotopic (exact) mass is 418 g/mol. The highest BCUT2D eigenvalue weighted by molar-refractivity contribution is 9.10. The number of anilines is 1. The number of benzene rings is 1. The second kappa shape index (κ2) is 6.96. The number of rotatable bonds is 2. The molecule has 5 nitrogen and oxygen atoms in total. The van der Waals surface area contributed by atoms with Crippen LogP contribution in [-0.4, -0.2) is 27.7 Å². The molecule has 0 fully saturated rings. The second-order valence-corrected chi connectivity index (χ2v) is 8.10. The molecule has 1 aromatic carbocycles. The van der Waals surface area contributed by atoms with Gasteiger partial charge in [0.25, 0.3) is 0 Å². The number of thioether (sulfide) groups is 1. The fourth-order valence-electron chi connectivity index (χ4n) is 3.25. The SMILES string of the molecule is CSc1nnc2c(n1)O[C@@H]([C@H]1CC=C(C)CC1)Nc1ccc(Br)cc1-2. The first-order valence-electron chi connectivity index (χ1n) is 8.31. The zero-order chi connectivity index (χ0) is 17.4. The summed E-state index contributed by atoms with van der Waals surface area (Å²) in [7, 11) is 0. The van der Waals surface area contributed by atoms with Gasteiger partial charge in [0, 0.05) is 21.6 Å². The Morgan fingerprint density at radius 1 is 1.32 bits per heavy atom. The maximum Gasteiger partial charge on any atom is 0.247 e. The van der Waals surface area contributed by atoms with Crippen LogP contribution in [0.15, 0.2) is 39.5 Å². The van der Waals surface area contributed by atoms with Gasteiger partial charge in [0.2, 0.25) is 11.0 Å². The van der Waals surface area contributed by atoms with Crippen molar-refractivity contribution in [3.63, 3.8) is 0 Å². The van der Waals surface area contributed by atoms with Crippen LogP contribution in [0, 0.1) is 5.92 Å². The zero-order valence-corrected chi connectivity index (χ0v) is 16.5. The Morgan fingerprint density at radius 2 is 2.20 bits per heavy atom. The van der Waals surface area contributed by atoms with E-state index in [4.69, 9.17) is 4.74 Å². The number of aromatic nitrogens is 3. The highest BCUT2D eigenvalue weighted by Crippen LogP contribution is 2.40. The van der Waals surface area contributed by atoms with Crippen molar-refractivity contribution in [1.82, 2.24) is 15.2 Å². The van der Waals surface area contributed by atoms with Crippen molar-refractivity contribution in [2.75, 3.05) is 11.6 Å². The van der Waals surface area contributed by atoms with Gasteiger partial charge in [-0.25, -0.2) is 0 Å². The maximum atomic E-state index is 6.31. The van der Waals surface area contributed by atoms with E-state index in [0.29, 0.717) is 22.6 Å². The lowest BCUT2D eigenvalue weighted by Crippen LogP contribution is -2.35. The Bertz CT molecular complexity index is 842. The first kappa shape index (κ1) is 16.8. The highest BCUT2D eigenvalue weighted by Gasteiger charge is 2.31. The lowest BCUT2D eigenvalue weighted by atomic mass is 9.89. The van der Waals surface area contributed by atoms with Gasteiger partial charge < -0.3 is 10.1 Å². The molecule has 0 saturated carbocycles. The molecule has 25 heavy (non-hydrogen) atoms. The molecule has 1 aliphatic carbocycles. The van der Waals surface area contributed by atoms with Crippen LogP contribution in [0.3, 0.4) is 0 Å². The third kappa shape index (κ3) is 3.40. The number of hydrogen-bond donors (Lipinski definition) is 1. The van der Waals surface area contributed by atoms with E-state index in [9.17, 15) is 0 Å². The topological polar surface area (TPSA) is 59.9 Å². The first-order valence-corrected chi connectivity index (χ1v) is 10.3. The van der Waals surface area contributed by atoms with Crippen LogP contribution >= 0.6 is 27.7 Å². The zero-order valence-electron chi connectivity index (χ0n) is 14.1. The molecule has 2 atom stereocenters. The third-order valence-electron chi connectivity index (χ3n) is 4.70. The van der Waals surface area contributed by atoms with E-state index in [1.54, 1.807) is 0 Å². The van der Waals surface area contributed by atoms with E-state index in [-0.39, 0.29) is 6.23 Å². The molecule has 2 aromatic rings. The molecular weight excluding hydrogens is 400 g/mol. The summed E-state index contributed by atoms with van der Waals surface area (Å²) in [6, 6.07) is 6.11. The minimum Gasteiger partial charge on any atom is -0.452 e. The smallest absolute Gasteiger partial charge is 0.247 e. The van der Waals surface area contributed by atoms with Gasteiger partial charge in [0.15, 0.2) is 11.9 Å². The van der Waals surface area contributed by atoms with Crippen molar-refractivity contribution < 1.29 is 4.74 Å². The molecule has 7 heteroatoms. The van der Waals surface area contributed by atoms with E-state index in [1.807, 2.05) is 18.4 Å². The Kier molecular flexibility index (Phi) is 4.69. The quantitative estimate of drug-likeness (QED) is 0.552. The van der Waals surface area contributed by atoms with Gasteiger partial charge in [0.1, 0.15) is 0 Å². The summed E-state index contributed by atoms with van der Waals surface area (Å²) in [5.41, 5.74) is 4.11. The third-order valence-corrected chi connectivity index (χ3v) is 5.73. The minimum atomic E-state index is -0.128. The van der Waals surface area contributed by atoms with Gasteiger partial charge in [-0.1, -0.05) is 39.3 Å². The molecule has 2 aliphatic rings.